The SMILES string of the molecule is COc1cccc(F)c1C(=O)Nc1c(F)cc(Br)cc1F. The zero-order chi connectivity index (χ0) is 15.6. The Morgan fingerprint density at radius 2 is 1.76 bits per heavy atom. The second kappa shape index (κ2) is 6.17. The molecule has 3 nitrogen and oxygen atoms in total. The Morgan fingerprint density at radius 3 is 2.33 bits per heavy atom. The lowest BCUT2D eigenvalue weighted by atomic mass is 10.1. The van der Waals surface area contributed by atoms with Crippen molar-refractivity contribution in [2.45, 2.75) is 0 Å². The number of methoxy groups -OCH3 is 1. The lowest BCUT2D eigenvalue weighted by molar-refractivity contribution is 0.101. The van der Waals surface area contributed by atoms with Gasteiger partial charge >= 0.3 is 0 Å². The summed E-state index contributed by atoms with van der Waals surface area (Å²) in [5, 5.41) is 2.01. The maximum Gasteiger partial charge on any atom is 0.262 e. The van der Waals surface area contributed by atoms with E-state index in [2.05, 4.69) is 15.9 Å². The van der Waals surface area contributed by atoms with Gasteiger partial charge in [-0.1, -0.05) is 22.0 Å². The Bertz CT molecular complexity index is 684. The van der Waals surface area contributed by atoms with Crippen molar-refractivity contribution >= 4 is 27.5 Å². The number of halogens is 4. The standard InChI is InChI=1S/C14H9BrF3NO2/c1-21-11-4-2-3-8(16)12(11)14(20)19-13-9(17)5-7(15)6-10(13)18/h2-6H,1H3,(H,19,20). The van der Waals surface area contributed by atoms with E-state index in [1.807, 2.05) is 5.32 Å². The molecule has 0 saturated heterocycles. The number of benzene rings is 2. The summed E-state index contributed by atoms with van der Waals surface area (Å²) in [7, 11) is 1.26. The van der Waals surface area contributed by atoms with Gasteiger partial charge < -0.3 is 10.1 Å². The van der Waals surface area contributed by atoms with Crippen LogP contribution in [-0.2, 0) is 0 Å². The number of rotatable bonds is 3. The zero-order valence-corrected chi connectivity index (χ0v) is 12.3. The van der Waals surface area contributed by atoms with Gasteiger partial charge in [0.25, 0.3) is 5.91 Å². The molecule has 7 heteroatoms. The fraction of sp³-hybridized carbons (Fsp3) is 0.0714. The van der Waals surface area contributed by atoms with Crippen LogP contribution in [0.5, 0.6) is 5.75 Å². The third-order valence-electron chi connectivity index (χ3n) is 2.67. The molecule has 1 N–H and O–H groups in total. The molecule has 0 atom stereocenters. The minimum atomic E-state index is -1.01. The highest BCUT2D eigenvalue weighted by atomic mass is 79.9. The maximum absolute atomic E-state index is 13.7. The second-order valence-electron chi connectivity index (χ2n) is 4.02. The van der Waals surface area contributed by atoms with Crippen molar-refractivity contribution in [3.63, 3.8) is 0 Å². The van der Waals surface area contributed by atoms with Gasteiger partial charge in [-0.05, 0) is 24.3 Å². The second-order valence-corrected chi connectivity index (χ2v) is 4.93. The predicted octanol–water partition coefficient (Wildman–Crippen LogP) is 4.13. The summed E-state index contributed by atoms with van der Waals surface area (Å²) in [5.74, 6) is -3.86. The minimum absolute atomic E-state index is 0.0366. The average molecular weight is 360 g/mol. The van der Waals surface area contributed by atoms with Crippen LogP contribution in [0, 0.1) is 17.5 Å². The Labute approximate surface area is 126 Å². The van der Waals surface area contributed by atoms with E-state index in [0.29, 0.717) is 0 Å². The van der Waals surface area contributed by atoms with Crippen molar-refractivity contribution in [1.82, 2.24) is 0 Å². The summed E-state index contributed by atoms with van der Waals surface area (Å²) in [6.07, 6.45) is 0. The summed E-state index contributed by atoms with van der Waals surface area (Å²) in [6.45, 7) is 0. The van der Waals surface area contributed by atoms with Crippen LogP contribution < -0.4 is 10.1 Å². The van der Waals surface area contributed by atoms with Crippen LogP contribution in [0.3, 0.4) is 0 Å². The van der Waals surface area contributed by atoms with E-state index in [0.717, 1.165) is 18.2 Å². The van der Waals surface area contributed by atoms with Crippen LogP contribution in [0.25, 0.3) is 0 Å². The Hall–Kier alpha value is -2.02. The number of amides is 1. The molecule has 0 heterocycles. The molecule has 2 rings (SSSR count). The Balaban J connectivity index is 2.40. The first-order valence-corrected chi connectivity index (χ1v) is 6.51. The van der Waals surface area contributed by atoms with Gasteiger partial charge in [0.15, 0.2) is 11.6 Å². The van der Waals surface area contributed by atoms with E-state index in [1.54, 1.807) is 0 Å². The molecule has 0 bridgehead atoms. The quantitative estimate of drug-likeness (QED) is 0.894. The molecule has 0 aliphatic carbocycles. The molecule has 0 fully saturated rings. The van der Waals surface area contributed by atoms with Gasteiger partial charge in [0, 0.05) is 4.47 Å². The van der Waals surface area contributed by atoms with E-state index in [4.69, 9.17) is 4.74 Å². The highest BCUT2D eigenvalue weighted by Crippen LogP contribution is 2.26. The summed E-state index contributed by atoms with van der Waals surface area (Å²) < 4.78 is 46.1. The molecule has 0 spiro atoms. The van der Waals surface area contributed by atoms with Crippen LogP contribution in [0.4, 0.5) is 18.9 Å². The molecule has 0 saturated carbocycles. The number of hydrogen-bond donors (Lipinski definition) is 1. The van der Waals surface area contributed by atoms with Crippen molar-refractivity contribution in [3.8, 4) is 5.75 Å². The van der Waals surface area contributed by atoms with Gasteiger partial charge in [0.2, 0.25) is 0 Å². The third-order valence-corrected chi connectivity index (χ3v) is 3.13. The molecular formula is C14H9BrF3NO2. The molecule has 0 radical (unpaired) electrons. The van der Waals surface area contributed by atoms with Crippen LogP contribution in [0.1, 0.15) is 10.4 Å². The van der Waals surface area contributed by atoms with Crippen LogP contribution in [-0.4, -0.2) is 13.0 Å². The van der Waals surface area contributed by atoms with Gasteiger partial charge in [-0.2, -0.15) is 0 Å². The molecule has 2 aromatic carbocycles. The molecule has 21 heavy (non-hydrogen) atoms. The first kappa shape index (κ1) is 15.4. The van der Waals surface area contributed by atoms with Crippen molar-refractivity contribution < 1.29 is 22.7 Å². The van der Waals surface area contributed by atoms with Crippen molar-refractivity contribution in [1.29, 1.82) is 0 Å². The summed E-state index contributed by atoms with van der Waals surface area (Å²) in [6, 6.07) is 5.73. The summed E-state index contributed by atoms with van der Waals surface area (Å²) in [4.78, 5) is 12.0. The normalized spacial score (nSPS) is 10.3. The fourth-order valence-corrected chi connectivity index (χ4v) is 2.13. The van der Waals surface area contributed by atoms with Gasteiger partial charge in [-0.25, -0.2) is 13.2 Å². The molecular weight excluding hydrogens is 351 g/mol. The molecule has 0 aliphatic rings. The molecule has 0 aliphatic heterocycles. The first-order chi connectivity index (χ1) is 9.93. The maximum atomic E-state index is 13.7. The number of ether oxygens (including phenoxy) is 1. The number of hydrogen-bond acceptors (Lipinski definition) is 2. The van der Waals surface area contributed by atoms with Gasteiger partial charge in [-0.3, -0.25) is 4.79 Å². The lowest BCUT2D eigenvalue weighted by Gasteiger charge is -2.11. The highest BCUT2D eigenvalue weighted by Gasteiger charge is 2.20. The first-order valence-electron chi connectivity index (χ1n) is 5.72. The molecule has 110 valence electrons. The molecule has 2 aromatic rings. The Kier molecular flexibility index (Phi) is 4.52. The smallest absolute Gasteiger partial charge is 0.262 e. The van der Waals surface area contributed by atoms with E-state index in [9.17, 15) is 18.0 Å². The molecule has 1 amide bonds. The fourth-order valence-electron chi connectivity index (χ4n) is 1.73. The van der Waals surface area contributed by atoms with E-state index in [1.165, 1.54) is 19.2 Å². The molecule has 0 unspecified atom stereocenters. The number of carbonyl (C=O) groups is 1. The number of anilines is 1. The van der Waals surface area contributed by atoms with Crippen LogP contribution in [0.15, 0.2) is 34.8 Å². The van der Waals surface area contributed by atoms with Crippen LogP contribution in [0.2, 0.25) is 0 Å². The number of nitrogens with one attached hydrogen (secondary N) is 1. The van der Waals surface area contributed by atoms with Gasteiger partial charge in [0.05, 0.1) is 7.11 Å². The Morgan fingerprint density at radius 1 is 1.14 bits per heavy atom. The average Bonchev–Trinajstić information content (AvgIpc) is 2.42. The van der Waals surface area contributed by atoms with Crippen LogP contribution >= 0.6 is 15.9 Å². The van der Waals surface area contributed by atoms with E-state index >= 15 is 0 Å². The molecule has 0 aromatic heterocycles. The summed E-state index contributed by atoms with van der Waals surface area (Å²) >= 11 is 2.92. The largest absolute Gasteiger partial charge is 0.496 e. The van der Waals surface area contributed by atoms with Crippen molar-refractivity contribution in [2.75, 3.05) is 12.4 Å². The topological polar surface area (TPSA) is 38.3 Å². The summed E-state index contributed by atoms with van der Waals surface area (Å²) in [5.41, 5.74) is -1.09. The predicted molar refractivity (Wildman–Crippen MR) is 75.0 cm³/mol. The highest BCUT2D eigenvalue weighted by molar-refractivity contribution is 9.10. The lowest BCUT2D eigenvalue weighted by Crippen LogP contribution is -2.17. The van der Waals surface area contributed by atoms with E-state index < -0.39 is 34.6 Å². The van der Waals surface area contributed by atoms with Crippen molar-refractivity contribution in [3.05, 3.63) is 57.8 Å². The minimum Gasteiger partial charge on any atom is -0.496 e. The van der Waals surface area contributed by atoms with Crippen molar-refractivity contribution in [2.24, 2.45) is 0 Å². The monoisotopic (exact) mass is 359 g/mol. The number of carbonyl (C=O) groups excluding carboxylic acids is 1. The van der Waals surface area contributed by atoms with Gasteiger partial charge in [0.1, 0.15) is 22.8 Å². The zero-order valence-electron chi connectivity index (χ0n) is 10.7. The van der Waals surface area contributed by atoms with Gasteiger partial charge in [-0.15, -0.1) is 0 Å². The third kappa shape index (κ3) is 3.18. The van der Waals surface area contributed by atoms with E-state index in [-0.39, 0.29) is 10.2 Å².